The van der Waals surface area contributed by atoms with Crippen molar-refractivity contribution in [1.82, 2.24) is 5.32 Å². The van der Waals surface area contributed by atoms with Gasteiger partial charge in [-0.2, -0.15) is 0 Å². The predicted molar refractivity (Wildman–Crippen MR) is 76.6 cm³/mol. The molecular weight excluding hydrogens is 206 g/mol. The van der Waals surface area contributed by atoms with E-state index in [1.54, 1.807) is 0 Å². The molecule has 0 heterocycles. The molecule has 0 saturated carbocycles. The van der Waals surface area contributed by atoms with Gasteiger partial charge >= 0.3 is 0 Å². The monoisotopic (exact) mass is 233 g/mol. The van der Waals surface area contributed by atoms with Crippen molar-refractivity contribution in [2.75, 3.05) is 13.1 Å². The number of nitrogens with one attached hydrogen (secondary N) is 1. The van der Waals surface area contributed by atoms with E-state index < -0.39 is 0 Å². The predicted octanol–water partition coefficient (Wildman–Crippen LogP) is 3.87. The summed E-state index contributed by atoms with van der Waals surface area (Å²) in [5.74, 6) is 0.766. The molecule has 0 aliphatic carbocycles. The summed E-state index contributed by atoms with van der Waals surface area (Å²) in [5, 5.41) is 3.49. The van der Waals surface area contributed by atoms with Gasteiger partial charge in [-0.05, 0) is 57.7 Å². The molecule has 0 fully saturated rings. The van der Waals surface area contributed by atoms with Crippen LogP contribution < -0.4 is 5.32 Å². The van der Waals surface area contributed by atoms with Crippen LogP contribution in [-0.2, 0) is 6.42 Å². The molecule has 1 N–H and O–H groups in total. The standard InChI is InChI=1S/C16H27N/c1-5-8-17-12-13(2)6-7-16-10-14(3)9-15(4)11-16/h9-11,13,17H,5-8,12H2,1-4H3. The lowest BCUT2D eigenvalue weighted by atomic mass is 9.98. The first-order valence-corrected chi connectivity index (χ1v) is 6.89. The summed E-state index contributed by atoms with van der Waals surface area (Å²) in [7, 11) is 0. The van der Waals surface area contributed by atoms with Crippen molar-refractivity contribution in [3.63, 3.8) is 0 Å². The zero-order valence-corrected chi connectivity index (χ0v) is 11.8. The Balaban J connectivity index is 2.34. The maximum atomic E-state index is 3.49. The van der Waals surface area contributed by atoms with Crippen LogP contribution in [0.15, 0.2) is 18.2 Å². The van der Waals surface area contributed by atoms with Gasteiger partial charge in [0, 0.05) is 0 Å². The number of benzene rings is 1. The highest BCUT2D eigenvalue weighted by Gasteiger charge is 2.03. The summed E-state index contributed by atoms with van der Waals surface area (Å²) in [4.78, 5) is 0. The Labute approximate surface area is 107 Å². The average Bonchev–Trinajstić information content (AvgIpc) is 2.25. The second-order valence-corrected chi connectivity index (χ2v) is 5.34. The quantitative estimate of drug-likeness (QED) is 0.705. The molecule has 1 atom stereocenters. The average molecular weight is 233 g/mol. The van der Waals surface area contributed by atoms with Crippen molar-refractivity contribution < 1.29 is 0 Å². The third-order valence-electron chi connectivity index (χ3n) is 3.13. The second-order valence-electron chi connectivity index (χ2n) is 5.34. The molecule has 0 amide bonds. The molecule has 1 aromatic rings. The van der Waals surface area contributed by atoms with E-state index in [9.17, 15) is 0 Å². The fraction of sp³-hybridized carbons (Fsp3) is 0.625. The molecule has 96 valence electrons. The highest BCUT2D eigenvalue weighted by atomic mass is 14.8. The van der Waals surface area contributed by atoms with Crippen molar-refractivity contribution in [2.24, 2.45) is 5.92 Å². The number of hydrogen-bond acceptors (Lipinski definition) is 1. The molecule has 0 aromatic heterocycles. The first kappa shape index (κ1) is 14.2. The van der Waals surface area contributed by atoms with Gasteiger partial charge in [0.15, 0.2) is 0 Å². The molecule has 1 unspecified atom stereocenters. The molecule has 1 rings (SSSR count). The molecule has 1 nitrogen and oxygen atoms in total. The Morgan fingerprint density at radius 2 is 1.76 bits per heavy atom. The number of rotatable bonds is 7. The summed E-state index contributed by atoms with van der Waals surface area (Å²) in [6, 6.07) is 6.88. The van der Waals surface area contributed by atoms with Crippen LogP contribution in [0.4, 0.5) is 0 Å². The maximum absolute atomic E-state index is 3.49. The first-order chi connectivity index (χ1) is 8.11. The molecule has 0 radical (unpaired) electrons. The third kappa shape index (κ3) is 5.88. The molecule has 0 aliphatic heterocycles. The van der Waals surface area contributed by atoms with E-state index in [2.05, 4.69) is 51.2 Å². The minimum absolute atomic E-state index is 0.766. The van der Waals surface area contributed by atoms with Gasteiger partial charge in [0.25, 0.3) is 0 Å². The van der Waals surface area contributed by atoms with Gasteiger partial charge in [0.2, 0.25) is 0 Å². The molecule has 0 aliphatic rings. The number of hydrogen-bond donors (Lipinski definition) is 1. The second kappa shape index (κ2) is 7.50. The van der Waals surface area contributed by atoms with E-state index in [0.29, 0.717) is 0 Å². The molecule has 1 heteroatoms. The van der Waals surface area contributed by atoms with Crippen LogP contribution >= 0.6 is 0 Å². The first-order valence-electron chi connectivity index (χ1n) is 6.89. The Kier molecular flexibility index (Phi) is 6.28. The van der Waals surface area contributed by atoms with Crippen molar-refractivity contribution in [3.8, 4) is 0 Å². The van der Waals surface area contributed by atoms with Crippen LogP contribution in [-0.4, -0.2) is 13.1 Å². The number of aryl methyl sites for hydroxylation is 3. The van der Waals surface area contributed by atoms with Gasteiger partial charge in [-0.25, -0.2) is 0 Å². The molecule has 0 saturated heterocycles. The fourth-order valence-corrected chi connectivity index (χ4v) is 2.25. The van der Waals surface area contributed by atoms with Gasteiger partial charge in [-0.1, -0.05) is 43.2 Å². The normalized spacial score (nSPS) is 12.7. The summed E-state index contributed by atoms with van der Waals surface area (Å²) in [5.41, 5.74) is 4.26. The Morgan fingerprint density at radius 1 is 1.12 bits per heavy atom. The van der Waals surface area contributed by atoms with Crippen LogP contribution in [0.3, 0.4) is 0 Å². The lowest BCUT2D eigenvalue weighted by Crippen LogP contribution is -2.22. The van der Waals surface area contributed by atoms with Crippen molar-refractivity contribution in [3.05, 3.63) is 34.9 Å². The topological polar surface area (TPSA) is 12.0 Å². The van der Waals surface area contributed by atoms with Gasteiger partial charge in [0.05, 0.1) is 0 Å². The fourth-order valence-electron chi connectivity index (χ4n) is 2.25. The SMILES string of the molecule is CCCNCC(C)CCc1cc(C)cc(C)c1. The Morgan fingerprint density at radius 3 is 2.35 bits per heavy atom. The lowest BCUT2D eigenvalue weighted by Gasteiger charge is -2.12. The van der Waals surface area contributed by atoms with E-state index in [-0.39, 0.29) is 0 Å². The van der Waals surface area contributed by atoms with Crippen LogP contribution in [0, 0.1) is 19.8 Å². The summed E-state index contributed by atoms with van der Waals surface area (Å²) in [6.45, 7) is 11.2. The van der Waals surface area contributed by atoms with Crippen LogP contribution in [0.25, 0.3) is 0 Å². The van der Waals surface area contributed by atoms with Crippen molar-refractivity contribution >= 4 is 0 Å². The highest BCUT2D eigenvalue weighted by molar-refractivity contribution is 5.28. The van der Waals surface area contributed by atoms with E-state index in [1.165, 1.54) is 36.0 Å². The lowest BCUT2D eigenvalue weighted by molar-refractivity contribution is 0.481. The molecule has 1 aromatic carbocycles. The minimum atomic E-state index is 0.766. The van der Waals surface area contributed by atoms with Gasteiger partial charge < -0.3 is 5.32 Å². The minimum Gasteiger partial charge on any atom is -0.316 e. The summed E-state index contributed by atoms with van der Waals surface area (Å²) < 4.78 is 0. The van der Waals surface area contributed by atoms with Gasteiger partial charge in [-0.3, -0.25) is 0 Å². The van der Waals surface area contributed by atoms with E-state index >= 15 is 0 Å². The Bertz CT molecular complexity index is 310. The van der Waals surface area contributed by atoms with Gasteiger partial charge in [-0.15, -0.1) is 0 Å². The Hall–Kier alpha value is -0.820. The van der Waals surface area contributed by atoms with Gasteiger partial charge in [0.1, 0.15) is 0 Å². The summed E-state index contributed by atoms with van der Waals surface area (Å²) >= 11 is 0. The van der Waals surface area contributed by atoms with E-state index in [1.807, 2.05) is 0 Å². The molecular formula is C16H27N. The zero-order chi connectivity index (χ0) is 12.7. The van der Waals surface area contributed by atoms with Crippen LogP contribution in [0.5, 0.6) is 0 Å². The van der Waals surface area contributed by atoms with Crippen molar-refractivity contribution in [2.45, 2.75) is 47.0 Å². The van der Waals surface area contributed by atoms with E-state index in [0.717, 1.165) is 19.0 Å². The smallest absolute Gasteiger partial charge is 0.00230 e. The van der Waals surface area contributed by atoms with Crippen LogP contribution in [0.2, 0.25) is 0 Å². The van der Waals surface area contributed by atoms with Crippen molar-refractivity contribution in [1.29, 1.82) is 0 Å². The molecule has 17 heavy (non-hydrogen) atoms. The van der Waals surface area contributed by atoms with Crippen LogP contribution in [0.1, 0.15) is 43.4 Å². The van der Waals surface area contributed by atoms with E-state index in [4.69, 9.17) is 0 Å². The summed E-state index contributed by atoms with van der Waals surface area (Å²) in [6.07, 6.45) is 3.71. The molecule has 0 spiro atoms. The third-order valence-corrected chi connectivity index (χ3v) is 3.13. The maximum Gasteiger partial charge on any atom is -0.00230 e. The molecule has 0 bridgehead atoms. The largest absolute Gasteiger partial charge is 0.316 e. The zero-order valence-electron chi connectivity index (χ0n) is 11.8. The highest BCUT2D eigenvalue weighted by Crippen LogP contribution is 2.13.